The number of nitrogens with zero attached hydrogens (tertiary/aromatic N) is 2. The third-order valence-corrected chi connectivity index (χ3v) is 4.68. The molecule has 0 aliphatic rings. The van der Waals surface area contributed by atoms with Gasteiger partial charge in [0.15, 0.2) is 17.2 Å². The fraction of sp³-hybridized carbons (Fsp3) is 0.111. The van der Waals surface area contributed by atoms with Crippen LogP contribution in [0.25, 0.3) is 10.2 Å². The molecular formula is C18H13ClF2N2O2S. The van der Waals surface area contributed by atoms with Crippen LogP contribution in [0.5, 0.6) is 5.75 Å². The first-order valence-electron chi connectivity index (χ1n) is 7.53. The molecule has 0 bridgehead atoms. The molecule has 2 aromatic carbocycles. The van der Waals surface area contributed by atoms with Crippen LogP contribution in [0.15, 0.2) is 54.0 Å². The number of carbonyl (C=O) groups excluding carboxylic acids is 1. The molecule has 0 unspecified atom stereocenters. The van der Waals surface area contributed by atoms with Crippen LogP contribution < -0.4 is 9.54 Å². The number of ether oxygens (including phenoxy) is 1. The van der Waals surface area contributed by atoms with E-state index in [1.807, 2.05) is 0 Å². The van der Waals surface area contributed by atoms with E-state index < -0.39 is 17.5 Å². The van der Waals surface area contributed by atoms with Crippen LogP contribution in [-0.2, 0) is 11.3 Å². The number of fused-ring (bicyclic) bond motifs is 1. The summed E-state index contributed by atoms with van der Waals surface area (Å²) in [6.07, 6.45) is 1.54. The Morgan fingerprint density at radius 1 is 1.31 bits per heavy atom. The van der Waals surface area contributed by atoms with Gasteiger partial charge in [0.05, 0.1) is 10.2 Å². The van der Waals surface area contributed by atoms with Crippen LogP contribution in [0.4, 0.5) is 8.78 Å². The van der Waals surface area contributed by atoms with Crippen molar-refractivity contribution >= 4 is 39.1 Å². The van der Waals surface area contributed by atoms with Crippen molar-refractivity contribution in [3.63, 3.8) is 0 Å². The van der Waals surface area contributed by atoms with E-state index in [4.69, 9.17) is 16.3 Å². The van der Waals surface area contributed by atoms with Crippen LogP contribution in [0.2, 0.25) is 5.02 Å². The zero-order chi connectivity index (χ0) is 18.7. The molecule has 0 aliphatic carbocycles. The maximum Gasteiger partial charge on any atom is 0.286 e. The molecule has 0 spiro atoms. The summed E-state index contributed by atoms with van der Waals surface area (Å²) in [5, 5.41) is 0.554. The molecule has 0 fully saturated rings. The van der Waals surface area contributed by atoms with Crippen LogP contribution in [0.1, 0.15) is 0 Å². The Labute approximate surface area is 156 Å². The molecule has 0 atom stereocenters. The largest absolute Gasteiger partial charge is 0.484 e. The third-order valence-electron chi connectivity index (χ3n) is 3.40. The Kier molecular flexibility index (Phi) is 5.49. The van der Waals surface area contributed by atoms with Gasteiger partial charge in [-0.3, -0.25) is 4.79 Å². The van der Waals surface area contributed by atoms with E-state index in [1.54, 1.807) is 30.3 Å². The quantitative estimate of drug-likeness (QED) is 0.605. The van der Waals surface area contributed by atoms with Crippen molar-refractivity contribution in [3.05, 3.63) is 70.5 Å². The van der Waals surface area contributed by atoms with Gasteiger partial charge < -0.3 is 9.30 Å². The van der Waals surface area contributed by atoms with Crippen molar-refractivity contribution in [2.45, 2.75) is 6.54 Å². The van der Waals surface area contributed by atoms with Gasteiger partial charge in [0, 0.05) is 17.6 Å². The summed E-state index contributed by atoms with van der Waals surface area (Å²) in [6.45, 7) is 3.56. The molecule has 8 heteroatoms. The predicted octanol–water partition coefficient (Wildman–Crippen LogP) is 4.33. The van der Waals surface area contributed by atoms with Crippen LogP contribution in [0.3, 0.4) is 0 Å². The lowest BCUT2D eigenvalue weighted by Gasteiger charge is -2.04. The average Bonchev–Trinajstić information content (AvgIpc) is 2.92. The summed E-state index contributed by atoms with van der Waals surface area (Å²) in [6, 6.07) is 8.54. The SMILES string of the molecule is C=CCn1c(=NC(=O)COc2ccc(Cl)cc2)sc2cc(F)cc(F)c21. The third kappa shape index (κ3) is 4.00. The van der Waals surface area contributed by atoms with Crippen molar-refractivity contribution in [2.24, 2.45) is 4.99 Å². The van der Waals surface area contributed by atoms with Gasteiger partial charge in [0.1, 0.15) is 11.6 Å². The van der Waals surface area contributed by atoms with Crippen molar-refractivity contribution in [1.82, 2.24) is 4.57 Å². The van der Waals surface area contributed by atoms with E-state index in [9.17, 15) is 13.6 Å². The molecule has 0 aliphatic heterocycles. The highest BCUT2D eigenvalue weighted by Crippen LogP contribution is 2.22. The van der Waals surface area contributed by atoms with Crippen LogP contribution in [-0.4, -0.2) is 17.1 Å². The Morgan fingerprint density at radius 2 is 2.04 bits per heavy atom. The van der Waals surface area contributed by atoms with E-state index in [0.717, 1.165) is 17.4 Å². The Morgan fingerprint density at radius 3 is 2.73 bits per heavy atom. The highest BCUT2D eigenvalue weighted by atomic mass is 35.5. The molecule has 26 heavy (non-hydrogen) atoms. The first kappa shape index (κ1) is 18.3. The van der Waals surface area contributed by atoms with E-state index >= 15 is 0 Å². The number of benzene rings is 2. The van der Waals surface area contributed by atoms with Gasteiger partial charge in [-0.15, -0.1) is 6.58 Å². The zero-order valence-electron chi connectivity index (χ0n) is 13.4. The van der Waals surface area contributed by atoms with Gasteiger partial charge in [-0.2, -0.15) is 4.99 Å². The number of aromatic nitrogens is 1. The summed E-state index contributed by atoms with van der Waals surface area (Å²) < 4.78 is 34.7. The fourth-order valence-corrected chi connectivity index (χ4v) is 3.55. The van der Waals surface area contributed by atoms with E-state index in [-0.39, 0.29) is 23.5 Å². The highest BCUT2D eigenvalue weighted by molar-refractivity contribution is 7.16. The molecule has 0 saturated heterocycles. The molecule has 3 aromatic rings. The maximum absolute atomic E-state index is 14.1. The number of rotatable bonds is 5. The highest BCUT2D eigenvalue weighted by Gasteiger charge is 2.13. The zero-order valence-corrected chi connectivity index (χ0v) is 15.0. The predicted molar refractivity (Wildman–Crippen MR) is 97.4 cm³/mol. The molecule has 0 N–H and O–H groups in total. The van der Waals surface area contributed by atoms with E-state index in [0.29, 0.717) is 15.5 Å². The normalized spacial score (nSPS) is 11.7. The van der Waals surface area contributed by atoms with Gasteiger partial charge in [-0.1, -0.05) is 29.0 Å². The second-order valence-corrected chi connectivity index (χ2v) is 6.71. The standard InChI is InChI=1S/C18H13ClF2N2O2S/c1-2-7-23-17-14(21)8-12(20)9-15(17)26-18(23)22-16(24)10-25-13-5-3-11(19)4-6-13/h2-6,8-9H,1,7,10H2. The lowest BCUT2D eigenvalue weighted by molar-refractivity contribution is -0.120. The number of carbonyl (C=O) groups is 1. The topological polar surface area (TPSA) is 43.6 Å². The molecule has 1 heterocycles. The number of hydrogen-bond acceptors (Lipinski definition) is 3. The number of allylic oxidation sites excluding steroid dienone is 1. The summed E-state index contributed by atoms with van der Waals surface area (Å²) in [4.78, 5) is 16.3. The second kappa shape index (κ2) is 7.80. The molecule has 134 valence electrons. The first-order chi connectivity index (χ1) is 12.5. The van der Waals surface area contributed by atoms with E-state index in [2.05, 4.69) is 11.6 Å². The van der Waals surface area contributed by atoms with Gasteiger partial charge in [-0.05, 0) is 30.3 Å². The van der Waals surface area contributed by atoms with Gasteiger partial charge in [-0.25, -0.2) is 8.78 Å². The molecule has 1 amide bonds. The minimum absolute atomic E-state index is 0.182. The van der Waals surface area contributed by atoms with Crippen molar-refractivity contribution < 1.29 is 18.3 Å². The number of hydrogen-bond donors (Lipinski definition) is 0. The molecule has 3 rings (SSSR count). The van der Waals surface area contributed by atoms with Crippen LogP contribution in [0, 0.1) is 11.6 Å². The number of amides is 1. The lowest BCUT2D eigenvalue weighted by atomic mass is 10.3. The lowest BCUT2D eigenvalue weighted by Crippen LogP contribution is -2.19. The van der Waals surface area contributed by atoms with Crippen molar-refractivity contribution in [1.29, 1.82) is 0 Å². The Balaban J connectivity index is 1.91. The Hall–Kier alpha value is -2.51. The molecule has 4 nitrogen and oxygen atoms in total. The molecule has 0 saturated carbocycles. The second-order valence-electron chi connectivity index (χ2n) is 5.27. The van der Waals surface area contributed by atoms with Crippen LogP contribution >= 0.6 is 22.9 Å². The number of thiazole rings is 1. The monoisotopic (exact) mass is 394 g/mol. The molecular weight excluding hydrogens is 382 g/mol. The van der Waals surface area contributed by atoms with E-state index in [1.165, 1.54) is 10.6 Å². The first-order valence-corrected chi connectivity index (χ1v) is 8.72. The Bertz CT molecular complexity index is 1040. The molecule has 0 radical (unpaired) electrons. The maximum atomic E-state index is 14.1. The van der Waals surface area contributed by atoms with Gasteiger partial charge >= 0.3 is 0 Å². The van der Waals surface area contributed by atoms with Gasteiger partial charge in [0.2, 0.25) is 0 Å². The minimum Gasteiger partial charge on any atom is -0.484 e. The average molecular weight is 395 g/mol. The van der Waals surface area contributed by atoms with Gasteiger partial charge in [0.25, 0.3) is 5.91 Å². The minimum atomic E-state index is -0.718. The number of halogens is 3. The summed E-state index contributed by atoms with van der Waals surface area (Å²) in [5.41, 5.74) is 0.182. The summed E-state index contributed by atoms with van der Waals surface area (Å²) in [7, 11) is 0. The van der Waals surface area contributed by atoms with Crippen molar-refractivity contribution in [3.8, 4) is 5.75 Å². The summed E-state index contributed by atoms with van der Waals surface area (Å²) in [5.74, 6) is -1.48. The fourth-order valence-electron chi connectivity index (χ4n) is 2.33. The summed E-state index contributed by atoms with van der Waals surface area (Å²) >= 11 is 6.80. The molecule has 1 aromatic heterocycles. The smallest absolute Gasteiger partial charge is 0.286 e. The van der Waals surface area contributed by atoms with Crippen molar-refractivity contribution in [2.75, 3.05) is 6.61 Å².